The molecule has 4 heteroatoms. The Morgan fingerprint density at radius 2 is 2.31 bits per heavy atom. The molecule has 0 radical (unpaired) electrons. The van der Waals surface area contributed by atoms with Gasteiger partial charge in [0.25, 0.3) is 0 Å². The lowest BCUT2D eigenvalue weighted by Crippen LogP contribution is -1.91. The number of rotatable bonds is 2. The number of nitrogens with zero attached hydrogens (tertiary/aromatic N) is 2. The van der Waals surface area contributed by atoms with Gasteiger partial charge in [-0.25, -0.2) is 4.98 Å². The van der Waals surface area contributed by atoms with E-state index < -0.39 is 0 Å². The summed E-state index contributed by atoms with van der Waals surface area (Å²) in [5, 5.41) is 10.5. The summed E-state index contributed by atoms with van der Waals surface area (Å²) in [6, 6.07) is 6.38. The number of aromatic nitrogens is 3. The molecule has 0 unspecified atom stereocenters. The first kappa shape index (κ1) is 9.39. The molecule has 82 valence electrons. The molecular formula is C12H14N4. The molecule has 0 atom stereocenters. The lowest BCUT2D eigenvalue weighted by molar-refractivity contribution is 0.946. The van der Waals surface area contributed by atoms with E-state index in [0.717, 1.165) is 36.6 Å². The zero-order valence-corrected chi connectivity index (χ0v) is 9.25. The Balaban J connectivity index is 2.00. The number of aryl methyl sites for hydroxylation is 1. The zero-order valence-electron chi connectivity index (χ0n) is 9.25. The van der Waals surface area contributed by atoms with Gasteiger partial charge in [-0.2, -0.15) is 5.10 Å². The molecule has 16 heavy (non-hydrogen) atoms. The Bertz CT molecular complexity index is 515. The predicted octanol–water partition coefficient (Wildman–Crippen LogP) is 2.00. The van der Waals surface area contributed by atoms with Crippen molar-refractivity contribution in [1.29, 1.82) is 0 Å². The minimum Gasteiger partial charge on any atom is -0.384 e. The van der Waals surface area contributed by atoms with E-state index in [2.05, 4.69) is 45.6 Å². The number of aromatic amines is 1. The molecule has 2 N–H and O–H groups in total. The Labute approximate surface area is 94.1 Å². The van der Waals surface area contributed by atoms with Crippen LogP contribution in [0.25, 0.3) is 11.4 Å². The van der Waals surface area contributed by atoms with Crippen molar-refractivity contribution in [3.8, 4) is 11.4 Å². The molecule has 1 aromatic carbocycles. The van der Waals surface area contributed by atoms with Crippen molar-refractivity contribution in [3.63, 3.8) is 0 Å². The Hall–Kier alpha value is -1.84. The number of fused-ring (bicyclic) bond motifs is 1. The first-order chi connectivity index (χ1) is 7.86. The summed E-state index contributed by atoms with van der Waals surface area (Å²) in [5.74, 6) is 1.72. The quantitative estimate of drug-likeness (QED) is 0.804. The van der Waals surface area contributed by atoms with Crippen LogP contribution < -0.4 is 5.32 Å². The largest absolute Gasteiger partial charge is 0.384 e. The molecule has 3 rings (SSSR count). The molecule has 0 aliphatic carbocycles. The normalized spacial score (nSPS) is 13.6. The third kappa shape index (κ3) is 1.46. The van der Waals surface area contributed by atoms with Gasteiger partial charge in [0, 0.05) is 24.2 Å². The van der Waals surface area contributed by atoms with Gasteiger partial charge in [0.05, 0.1) is 0 Å². The lowest BCUT2D eigenvalue weighted by atomic mass is 10.1. The summed E-state index contributed by atoms with van der Waals surface area (Å²) >= 11 is 0. The van der Waals surface area contributed by atoms with E-state index in [1.807, 2.05) is 0 Å². The smallest absolute Gasteiger partial charge is 0.181 e. The fraction of sp³-hybridized carbons (Fsp3) is 0.333. The van der Waals surface area contributed by atoms with Crippen LogP contribution >= 0.6 is 0 Å². The highest BCUT2D eigenvalue weighted by molar-refractivity contribution is 5.67. The number of hydrogen-bond donors (Lipinski definition) is 2. The van der Waals surface area contributed by atoms with Crippen LogP contribution in [0.3, 0.4) is 0 Å². The second-order valence-electron chi connectivity index (χ2n) is 4.01. The van der Waals surface area contributed by atoms with Crippen molar-refractivity contribution >= 4 is 5.69 Å². The van der Waals surface area contributed by atoms with Crippen LogP contribution in [0.1, 0.15) is 18.3 Å². The van der Waals surface area contributed by atoms with Gasteiger partial charge in [-0.3, -0.25) is 5.10 Å². The number of hydrogen-bond acceptors (Lipinski definition) is 3. The summed E-state index contributed by atoms with van der Waals surface area (Å²) in [7, 11) is 0. The average Bonchev–Trinajstić information content (AvgIpc) is 2.96. The van der Waals surface area contributed by atoms with Gasteiger partial charge in [0.2, 0.25) is 0 Å². The average molecular weight is 214 g/mol. The summed E-state index contributed by atoms with van der Waals surface area (Å²) in [4.78, 5) is 4.43. The molecule has 0 saturated heterocycles. The van der Waals surface area contributed by atoms with Crippen LogP contribution in [0.2, 0.25) is 0 Å². The van der Waals surface area contributed by atoms with Gasteiger partial charge in [0.15, 0.2) is 5.82 Å². The topological polar surface area (TPSA) is 53.6 Å². The van der Waals surface area contributed by atoms with E-state index in [1.54, 1.807) is 0 Å². The maximum absolute atomic E-state index is 4.43. The van der Waals surface area contributed by atoms with E-state index in [-0.39, 0.29) is 0 Å². The van der Waals surface area contributed by atoms with E-state index in [4.69, 9.17) is 0 Å². The molecular weight excluding hydrogens is 200 g/mol. The van der Waals surface area contributed by atoms with Gasteiger partial charge in [-0.1, -0.05) is 19.1 Å². The number of H-pyrrole nitrogens is 1. The molecule has 0 bridgehead atoms. The lowest BCUT2D eigenvalue weighted by Gasteiger charge is -2.01. The fourth-order valence-electron chi connectivity index (χ4n) is 2.01. The van der Waals surface area contributed by atoms with Crippen LogP contribution in [-0.2, 0) is 12.8 Å². The minimum atomic E-state index is 0.786. The molecule has 1 aromatic heterocycles. The maximum atomic E-state index is 4.43. The predicted molar refractivity (Wildman–Crippen MR) is 63.4 cm³/mol. The first-order valence-corrected chi connectivity index (χ1v) is 5.65. The summed E-state index contributed by atoms with van der Waals surface area (Å²) < 4.78 is 0. The van der Waals surface area contributed by atoms with E-state index in [9.17, 15) is 0 Å². The molecule has 2 aromatic rings. The molecule has 1 aliphatic heterocycles. The molecule has 0 saturated carbocycles. The minimum absolute atomic E-state index is 0.786. The summed E-state index contributed by atoms with van der Waals surface area (Å²) in [5.41, 5.74) is 3.68. The van der Waals surface area contributed by atoms with Crippen LogP contribution in [0.15, 0.2) is 18.2 Å². The van der Waals surface area contributed by atoms with Crippen molar-refractivity contribution in [2.24, 2.45) is 0 Å². The monoisotopic (exact) mass is 214 g/mol. The van der Waals surface area contributed by atoms with Gasteiger partial charge in [-0.05, 0) is 18.1 Å². The van der Waals surface area contributed by atoms with Crippen LogP contribution in [0, 0.1) is 0 Å². The molecule has 0 spiro atoms. The fourth-order valence-corrected chi connectivity index (χ4v) is 2.01. The van der Waals surface area contributed by atoms with E-state index >= 15 is 0 Å². The highest BCUT2D eigenvalue weighted by Crippen LogP contribution is 2.27. The highest BCUT2D eigenvalue weighted by Gasteiger charge is 2.12. The van der Waals surface area contributed by atoms with E-state index in [0.29, 0.717) is 0 Å². The molecule has 0 amide bonds. The third-order valence-corrected chi connectivity index (χ3v) is 2.94. The van der Waals surface area contributed by atoms with Crippen molar-refractivity contribution in [1.82, 2.24) is 15.2 Å². The van der Waals surface area contributed by atoms with Crippen molar-refractivity contribution in [2.75, 3.05) is 11.9 Å². The second-order valence-corrected chi connectivity index (χ2v) is 4.01. The molecule has 1 aliphatic rings. The van der Waals surface area contributed by atoms with Crippen LogP contribution in [-0.4, -0.2) is 21.7 Å². The van der Waals surface area contributed by atoms with Crippen molar-refractivity contribution in [2.45, 2.75) is 19.8 Å². The van der Waals surface area contributed by atoms with Gasteiger partial charge in [0.1, 0.15) is 5.82 Å². The summed E-state index contributed by atoms with van der Waals surface area (Å²) in [6.07, 6.45) is 2.00. The molecule has 2 heterocycles. The van der Waals surface area contributed by atoms with Gasteiger partial charge in [-0.15, -0.1) is 0 Å². The number of anilines is 1. The van der Waals surface area contributed by atoms with Crippen LogP contribution in [0.4, 0.5) is 5.69 Å². The van der Waals surface area contributed by atoms with E-state index in [1.165, 1.54) is 11.3 Å². The van der Waals surface area contributed by atoms with Crippen molar-refractivity contribution < 1.29 is 0 Å². The second kappa shape index (κ2) is 3.63. The van der Waals surface area contributed by atoms with Gasteiger partial charge < -0.3 is 5.32 Å². The zero-order chi connectivity index (χ0) is 11.0. The highest BCUT2D eigenvalue weighted by atomic mass is 15.2. The molecule has 4 nitrogen and oxygen atoms in total. The number of nitrogens with one attached hydrogen (secondary N) is 2. The maximum Gasteiger partial charge on any atom is 0.181 e. The SMILES string of the molecule is CCc1nc(-c2ccc3c(c2)NCC3)n[nH]1. The Kier molecular flexibility index (Phi) is 2.13. The number of benzene rings is 1. The van der Waals surface area contributed by atoms with Crippen molar-refractivity contribution in [3.05, 3.63) is 29.6 Å². The standard InChI is InChI=1S/C12H14N4/c1-2-11-14-12(16-15-11)9-4-3-8-5-6-13-10(8)7-9/h3-4,7,13H,2,5-6H2,1H3,(H,14,15,16). The third-order valence-electron chi connectivity index (χ3n) is 2.94. The summed E-state index contributed by atoms with van der Waals surface area (Å²) in [6.45, 7) is 3.10. The van der Waals surface area contributed by atoms with Gasteiger partial charge >= 0.3 is 0 Å². The molecule has 0 fully saturated rings. The van der Waals surface area contributed by atoms with Crippen LogP contribution in [0.5, 0.6) is 0 Å². The Morgan fingerprint density at radius 3 is 3.12 bits per heavy atom. The first-order valence-electron chi connectivity index (χ1n) is 5.65. The Morgan fingerprint density at radius 1 is 1.38 bits per heavy atom.